The Bertz CT molecular complexity index is 1450. The molecule has 0 aliphatic carbocycles. The summed E-state index contributed by atoms with van der Waals surface area (Å²) < 4.78 is 41.8. The van der Waals surface area contributed by atoms with E-state index in [1.807, 2.05) is 13.8 Å². The van der Waals surface area contributed by atoms with Gasteiger partial charge in [0.2, 0.25) is 0 Å². The summed E-state index contributed by atoms with van der Waals surface area (Å²) in [5.41, 5.74) is 0.980. The van der Waals surface area contributed by atoms with E-state index in [1.54, 1.807) is 25.3 Å². The Hall–Kier alpha value is -4.41. The molecule has 4 N–H and O–H groups in total. The third kappa shape index (κ3) is 5.29. The second-order valence-corrected chi connectivity index (χ2v) is 8.46. The highest BCUT2D eigenvalue weighted by Gasteiger charge is 2.34. The van der Waals surface area contributed by atoms with E-state index in [2.05, 4.69) is 30.9 Å². The molecular weight excluding hydrogens is 473 g/mol. The van der Waals surface area contributed by atoms with Crippen LogP contribution in [-0.2, 0) is 6.18 Å². The Kier molecular flexibility index (Phi) is 6.65. The Morgan fingerprint density at radius 2 is 1.81 bits per heavy atom. The first-order valence-electron chi connectivity index (χ1n) is 11.0. The van der Waals surface area contributed by atoms with Crippen molar-refractivity contribution in [1.82, 2.24) is 20.3 Å². The van der Waals surface area contributed by atoms with E-state index in [-0.39, 0.29) is 23.2 Å². The zero-order chi connectivity index (χ0) is 26.0. The summed E-state index contributed by atoms with van der Waals surface area (Å²) in [5.74, 6) is -0.333. The standard InChI is InChI=1S/C25H23F3N6O2/c1-13(2)32-23(35)16-5-4-6-17(9-16)33-24(36)34-19-8-7-15(10-18(19)25(26,27)28)21-20-14(3)11-29-22(20)31-12-30-21/h4-13H,1-3H3,(H,32,35)(H,29,30,31)(H2,33,34,36). The van der Waals surface area contributed by atoms with Crippen LogP contribution in [0.25, 0.3) is 22.3 Å². The van der Waals surface area contributed by atoms with Crippen LogP contribution in [0.3, 0.4) is 0 Å². The van der Waals surface area contributed by atoms with E-state index in [0.29, 0.717) is 22.3 Å². The Balaban J connectivity index is 1.60. The number of halogens is 3. The average molecular weight is 496 g/mol. The number of anilines is 2. The molecule has 4 aromatic rings. The fraction of sp³-hybridized carbons (Fsp3) is 0.200. The Morgan fingerprint density at radius 3 is 2.53 bits per heavy atom. The monoisotopic (exact) mass is 496 g/mol. The van der Waals surface area contributed by atoms with Crippen LogP contribution in [-0.4, -0.2) is 32.9 Å². The number of alkyl halides is 3. The van der Waals surface area contributed by atoms with Crippen molar-refractivity contribution in [1.29, 1.82) is 0 Å². The van der Waals surface area contributed by atoms with Gasteiger partial charge in [-0.2, -0.15) is 13.2 Å². The lowest BCUT2D eigenvalue weighted by atomic mass is 10.0. The molecule has 2 heterocycles. The molecule has 8 nitrogen and oxygen atoms in total. The van der Waals surface area contributed by atoms with Crippen LogP contribution >= 0.6 is 0 Å². The van der Waals surface area contributed by atoms with Crippen molar-refractivity contribution in [2.75, 3.05) is 10.6 Å². The van der Waals surface area contributed by atoms with E-state index in [9.17, 15) is 22.8 Å². The largest absolute Gasteiger partial charge is 0.418 e. The number of carbonyl (C=O) groups excluding carboxylic acids is 2. The van der Waals surface area contributed by atoms with Gasteiger partial charge < -0.3 is 20.9 Å². The van der Waals surface area contributed by atoms with Gasteiger partial charge in [-0.3, -0.25) is 4.79 Å². The first-order chi connectivity index (χ1) is 17.0. The number of rotatable bonds is 5. The maximum Gasteiger partial charge on any atom is 0.418 e. The normalized spacial score (nSPS) is 11.5. The van der Waals surface area contributed by atoms with Gasteiger partial charge in [0.25, 0.3) is 5.91 Å². The first-order valence-corrected chi connectivity index (χ1v) is 11.0. The number of nitrogens with one attached hydrogen (secondary N) is 4. The molecule has 0 aliphatic rings. The molecule has 0 saturated carbocycles. The summed E-state index contributed by atoms with van der Waals surface area (Å²) in [6.45, 7) is 5.42. The van der Waals surface area contributed by atoms with E-state index in [0.717, 1.165) is 11.6 Å². The number of carbonyl (C=O) groups is 2. The number of aromatic nitrogens is 3. The van der Waals surface area contributed by atoms with E-state index in [1.165, 1.54) is 30.6 Å². The number of aryl methyl sites for hydroxylation is 1. The van der Waals surface area contributed by atoms with Crippen molar-refractivity contribution in [3.05, 3.63) is 71.7 Å². The summed E-state index contributed by atoms with van der Waals surface area (Å²) >= 11 is 0. The minimum absolute atomic E-state index is 0.0826. The highest BCUT2D eigenvalue weighted by Crippen LogP contribution is 2.38. The number of fused-ring (bicyclic) bond motifs is 1. The molecule has 0 aliphatic heterocycles. The zero-order valence-electron chi connectivity index (χ0n) is 19.6. The number of hydrogen-bond acceptors (Lipinski definition) is 4. The molecule has 4 rings (SSSR count). The fourth-order valence-corrected chi connectivity index (χ4v) is 3.74. The van der Waals surface area contributed by atoms with Crippen molar-refractivity contribution >= 4 is 34.3 Å². The smallest absolute Gasteiger partial charge is 0.350 e. The third-order valence-electron chi connectivity index (χ3n) is 5.32. The van der Waals surface area contributed by atoms with Gasteiger partial charge in [0, 0.05) is 34.4 Å². The molecule has 0 bridgehead atoms. The number of amides is 3. The molecule has 0 radical (unpaired) electrons. The van der Waals surface area contributed by atoms with E-state index in [4.69, 9.17) is 0 Å². The lowest BCUT2D eigenvalue weighted by molar-refractivity contribution is -0.136. The van der Waals surface area contributed by atoms with Gasteiger partial charge in [-0.25, -0.2) is 14.8 Å². The molecule has 36 heavy (non-hydrogen) atoms. The van der Waals surface area contributed by atoms with E-state index >= 15 is 0 Å². The molecule has 2 aromatic carbocycles. The van der Waals surface area contributed by atoms with Crippen LogP contribution in [0.15, 0.2) is 55.0 Å². The van der Waals surface area contributed by atoms with Gasteiger partial charge in [0.15, 0.2) is 0 Å². The van der Waals surface area contributed by atoms with Crippen molar-refractivity contribution in [2.45, 2.75) is 33.0 Å². The van der Waals surface area contributed by atoms with Crippen LogP contribution in [0.1, 0.15) is 35.3 Å². The van der Waals surface area contributed by atoms with E-state index < -0.39 is 23.5 Å². The van der Waals surface area contributed by atoms with Crippen LogP contribution in [0, 0.1) is 6.92 Å². The zero-order valence-corrected chi connectivity index (χ0v) is 19.6. The quantitative estimate of drug-likeness (QED) is 0.283. The van der Waals surface area contributed by atoms with Crippen molar-refractivity contribution in [2.24, 2.45) is 0 Å². The van der Waals surface area contributed by atoms with Crippen molar-refractivity contribution < 1.29 is 22.8 Å². The lowest BCUT2D eigenvalue weighted by Crippen LogP contribution is -2.30. The van der Waals surface area contributed by atoms with Crippen molar-refractivity contribution in [3.8, 4) is 11.3 Å². The van der Waals surface area contributed by atoms with Crippen LogP contribution in [0.2, 0.25) is 0 Å². The predicted molar refractivity (Wildman–Crippen MR) is 131 cm³/mol. The predicted octanol–water partition coefficient (Wildman–Crippen LogP) is 5.73. The Morgan fingerprint density at radius 1 is 1.03 bits per heavy atom. The highest BCUT2D eigenvalue weighted by atomic mass is 19.4. The molecule has 3 amide bonds. The summed E-state index contributed by atoms with van der Waals surface area (Å²) in [4.78, 5) is 36.0. The number of hydrogen-bond donors (Lipinski definition) is 4. The highest BCUT2D eigenvalue weighted by molar-refractivity contribution is 6.02. The number of nitrogens with zero attached hydrogens (tertiary/aromatic N) is 2. The summed E-state index contributed by atoms with van der Waals surface area (Å²) in [7, 11) is 0. The van der Waals surface area contributed by atoms with Gasteiger partial charge >= 0.3 is 12.2 Å². The summed E-state index contributed by atoms with van der Waals surface area (Å²) in [5, 5.41) is 8.08. The van der Waals surface area contributed by atoms with Gasteiger partial charge in [0.1, 0.15) is 12.0 Å². The molecule has 0 spiro atoms. The molecular formula is C25H23F3N6O2. The van der Waals surface area contributed by atoms with Gasteiger partial charge in [0.05, 0.1) is 16.9 Å². The summed E-state index contributed by atoms with van der Waals surface area (Å²) in [6.07, 6.45) is -1.77. The van der Waals surface area contributed by atoms with Gasteiger partial charge in [-0.15, -0.1) is 0 Å². The molecule has 0 atom stereocenters. The average Bonchev–Trinajstić information content (AvgIpc) is 3.19. The third-order valence-corrected chi connectivity index (χ3v) is 5.32. The summed E-state index contributed by atoms with van der Waals surface area (Å²) in [6, 6.07) is 8.70. The number of urea groups is 1. The van der Waals surface area contributed by atoms with Crippen molar-refractivity contribution in [3.63, 3.8) is 0 Å². The van der Waals surface area contributed by atoms with Crippen LogP contribution < -0.4 is 16.0 Å². The fourth-order valence-electron chi connectivity index (χ4n) is 3.74. The second-order valence-electron chi connectivity index (χ2n) is 8.46. The maximum atomic E-state index is 13.9. The number of aromatic amines is 1. The minimum Gasteiger partial charge on any atom is -0.350 e. The Labute approximate surface area is 204 Å². The second kappa shape index (κ2) is 9.68. The molecule has 11 heteroatoms. The van der Waals surface area contributed by atoms with Gasteiger partial charge in [-0.1, -0.05) is 12.1 Å². The molecule has 186 valence electrons. The molecule has 2 aromatic heterocycles. The maximum absolute atomic E-state index is 13.9. The topological polar surface area (TPSA) is 112 Å². The molecule has 0 unspecified atom stereocenters. The van der Waals surface area contributed by atoms with Crippen LogP contribution in [0.5, 0.6) is 0 Å². The van der Waals surface area contributed by atoms with Gasteiger partial charge in [-0.05, 0) is 56.7 Å². The van der Waals surface area contributed by atoms with Crippen LogP contribution in [0.4, 0.5) is 29.3 Å². The minimum atomic E-state index is -4.74. The molecule has 0 saturated heterocycles. The lowest BCUT2D eigenvalue weighted by Gasteiger charge is -2.16. The first kappa shape index (κ1) is 24.7. The SMILES string of the molecule is Cc1c[nH]c2ncnc(-c3ccc(NC(=O)Nc4cccc(C(=O)NC(C)C)c4)c(C(F)(F)F)c3)c12. The molecule has 0 fully saturated rings. The number of benzene rings is 2. The number of H-pyrrole nitrogens is 1.